The molecule has 1 aliphatic heterocycles. The molecule has 4 rings (SSSR count). The number of nitrogens with one attached hydrogen (secondary N) is 2. The van der Waals surface area contributed by atoms with Gasteiger partial charge < -0.3 is 45.2 Å². The van der Waals surface area contributed by atoms with Crippen LogP contribution in [0.25, 0.3) is 11.2 Å². The number of nitrogens with zero attached hydrogens (tertiary/aromatic N) is 4. The number of phosphoric ester groups is 1. The van der Waals surface area contributed by atoms with E-state index in [1.54, 1.807) is 0 Å². The number of fused-ring (bicyclic) bond motifs is 1. The Morgan fingerprint density at radius 2 is 1.43 bits per heavy atom. The lowest BCUT2D eigenvalue weighted by molar-refractivity contribution is -0.0503. The number of rotatable bonds is 17. The molecule has 49 heavy (non-hydrogen) atoms. The standard InChI is InChI=1S/C27H49N6O13P3/c34-23-21(17-43-48(39,40)46-49(41,42)45-47(36,37)38)44-27(24(23)35)33-19-32-22-25(30-18-31-26(22)33)29-16-12-8-7-11-15-28-20-13-9-5-3-1-2-4-6-10-14-20/h18-21,23-24,27-28,34-35H,1-17H2,(H,39,40)(H,41,42)(H,29,30,31)(H2,36,37,38)/t21-,23?,24?,27-/m1/s1. The summed E-state index contributed by atoms with van der Waals surface area (Å²) in [5, 5.41) is 28.2. The molecule has 22 heteroatoms. The van der Waals surface area contributed by atoms with Crippen LogP contribution in [0.2, 0.25) is 0 Å². The number of ether oxygens (including phenoxy) is 1. The molecule has 19 nitrogen and oxygen atoms in total. The van der Waals surface area contributed by atoms with E-state index < -0.39 is 54.6 Å². The summed E-state index contributed by atoms with van der Waals surface area (Å²) in [4.78, 5) is 49.1. The van der Waals surface area contributed by atoms with Crippen LogP contribution in [0.1, 0.15) is 96.1 Å². The Kier molecular flexibility index (Phi) is 15.6. The first-order valence-corrected chi connectivity index (χ1v) is 21.2. The van der Waals surface area contributed by atoms with Crippen LogP contribution in [-0.4, -0.2) is 93.4 Å². The highest BCUT2D eigenvalue weighted by atomic mass is 31.3. The molecule has 6 atom stereocenters. The van der Waals surface area contributed by atoms with Crippen molar-refractivity contribution in [2.75, 3.05) is 25.0 Å². The van der Waals surface area contributed by atoms with Gasteiger partial charge in [0, 0.05) is 12.6 Å². The van der Waals surface area contributed by atoms with Crippen molar-refractivity contribution in [1.29, 1.82) is 0 Å². The quantitative estimate of drug-likeness (QED) is 0.0844. The van der Waals surface area contributed by atoms with Crippen molar-refractivity contribution in [3.8, 4) is 0 Å². The average molecular weight is 759 g/mol. The molecule has 3 heterocycles. The first-order valence-electron chi connectivity index (χ1n) is 16.7. The Hall–Kier alpha value is -1.40. The molecule has 8 N–H and O–H groups in total. The van der Waals surface area contributed by atoms with Crippen molar-refractivity contribution >= 4 is 40.4 Å². The molecule has 0 spiro atoms. The third-order valence-corrected chi connectivity index (χ3v) is 12.3. The number of aliphatic hydroxyl groups excluding tert-OH is 2. The second-order valence-electron chi connectivity index (χ2n) is 12.4. The molecule has 2 aromatic rings. The maximum atomic E-state index is 12.1. The molecule has 1 saturated carbocycles. The number of anilines is 1. The molecule has 1 aliphatic carbocycles. The Morgan fingerprint density at radius 1 is 0.796 bits per heavy atom. The number of aromatic nitrogens is 4. The third kappa shape index (κ3) is 13.3. The Balaban J connectivity index is 1.21. The summed E-state index contributed by atoms with van der Waals surface area (Å²) in [7, 11) is -16.8. The van der Waals surface area contributed by atoms with Crippen molar-refractivity contribution in [3.05, 3.63) is 12.7 Å². The Labute approximate surface area is 284 Å². The zero-order valence-electron chi connectivity index (χ0n) is 27.2. The predicted molar refractivity (Wildman–Crippen MR) is 176 cm³/mol. The van der Waals surface area contributed by atoms with Gasteiger partial charge in [-0.25, -0.2) is 28.6 Å². The van der Waals surface area contributed by atoms with E-state index in [4.69, 9.17) is 14.5 Å². The number of imidazole rings is 1. The smallest absolute Gasteiger partial charge is 0.387 e. The Morgan fingerprint density at radius 3 is 2.08 bits per heavy atom. The van der Waals surface area contributed by atoms with Crippen molar-refractivity contribution in [2.45, 2.75) is 120 Å². The lowest BCUT2D eigenvalue weighted by Crippen LogP contribution is -2.33. The molecule has 0 radical (unpaired) electrons. The van der Waals surface area contributed by atoms with E-state index in [1.807, 2.05) is 0 Å². The molecule has 0 aromatic carbocycles. The van der Waals surface area contributed by atoms with Gasteiger partial charge in [0.2, 0.25) is 0 Å². The summed E-state index contributed by atoms with van der Waals surface area (Å²) in [6.07, 6.45) is 14.2. The summed E-state index contributed by atoms with van der Waals surface area (Å²) in [6.45, 7) is 0.744. The van der Waals surface area contributed by atoms with E-state index >= 15 is 0 Å². The minimum atomic E-state index is -5.72. The van der Waals surface area contributed by atoms with Gasteiger partial charge in [0.25, 0.3) is 0 Å². The Bertz CT molecular complexity index is 1450. The minimum absolute atomic E-state index is 0.268. The molecule has 0 amide bonds. The highest BCUT2D eigenvalue weighted by Crippen LogP contribution is 2.66. The molecule has 4 unspecified atom stereocenters. The van der Waals surface area contributed by atoms with Crippen molar-refractivity contribution < 1.29 is 61.4 Å². The van der Waals surface area contributed by atoms with E-state index in [0.717, 1.165) is 32.2 Å². The number of hydrogen-bond acceptors (Lipinski definition) is 14. The maximum Gasteiger partial charge on any atom is 0.490 e. The van der Waals surface area contributed by atoms with Crippen LogP contribution in [0.4, 0.5) is 5.82 Å². The molecular weight excluding hydrogens is 709 g/mol. The zero-order chi connectivity index (χ0) is 35.5. The number of phosphoric acid groups is 3. The summed E-state index contributed by atoms with van der Waals surface area (Å²) < 4.78 is 53.3. The van der Waals surface area contributed by atoms with Crippen LogP contribution in [-0.2, 0) is 31.6 Å². The number of aliphatic hydroxyl groups is 2. The molecule has 0 bridgehead atoms. The highest BCUT2D eigenvalue weighted by Gasteiger charge is 2.47. The monoisotopic (exact) mass is 758 g/mol. The van der Waals surface area contributed by atoms with Crippen LogP contribution in [0, 0.1) is 0 Å². The summed E-state index contributed by atoms with van der Waals surface area (Å²) >= 11 is 0. The molecule has 280 valence electrons. The molecular formula is C27H49N6O13P3. The van der Waals surface area contributed by atoms with Crippen molar-refractivity contribution in [2.24, 2.45) is 0 Å². The fraction of sp³-hybridized carbons (Fsp3) is 0.815. The van der Waals surface area contributed by atoms with Gasteiger partial charge in [-0.05, 0) is 32.2 Å². The fourth-order valence-corrected chi connectivity index (χ4v) is 9.07. The van der Waals surface area contributed by atoms with Crippen LogP contribution < -0.4 is 10.6 Å². The van der Waals surface area contributed by atoms with Gasteiger partial charge in [0.15, 0.2) is 23.2 Å². The maximum absolute atomic E-state index is 12.1. The lowest BCUT2D eigenvalue weighted by Gasteiger charge is -2.19. The lowest BCUT2D eigenvalue weighted by atomic mass is 10.0. The molecule has 2 fully saturated rings. The van der Waals surface area contributed by atoms with Gasteiger partial charge in [0.1, 0.15) is 24.6 Å². The second kappa shape index (κ2) is 18.9. The van der Waals surface area contributed by atoms with Gasteiger partial charge in [-0.3, -0.25) is 9.09 Å². The van der Waals surface area contributed by atoms with Gasteiger partial charge >= 0.3 is 23.5 Å². The second-order valence-corrected chi connectivity index (χ2v) is 16.8. The van der Waals surface area contributed by atoms with Crippen molar-refractivity contribution in [1.82, 2.24) is 24.8 Å². The largest absolute Gasteiger partial charge is 0.490 e. The molecule has 2 aliphatic rings. The van der Waals surface area contributed by atoms with E-state index in [1.165, 1.54) is 81.4 Å². The summed E-state index contributed by atoms with van der Waals surface area (Å²) in [6, 6.07) is 0.630. The zero-order valence-corrected chi connectivity index (χ0v) is 29.9. The number of unbranched alkanes of at least 4 members (excludes halogenated alkanes) is 3. The van der Waals surface area contributed by atoms with Gasteiger partial charge in [0.05, 0.1) is 12.9 Å². The first-order chi connectivity index (χ1) is 23.2. The van der Waals surface area contributed by atoms with Crippen LogP contribution >= 0.6 is 23.5 Å². The highest BCUT2D eigenvalue weighted by molar-refractivity contribution is 7.66. The van der Waals surface area contributed by atoms with E-state index in [9.17, 15) is 33.7 Å². The normalized spacial score (nSPS) is 25.8. The molecule has 1 saturated heterocycles. The third-order valence-electron chi connectivity index (χ3n) is 8.47. The predicted octanol–water partition coefficient (Wildman–Crippen LogP) is 3.63. The van der Waals surface area contributed by atoms with Gasteiger partial charge in [-0.1, -0.05) is 64.2 Å². The van der Waals surface area contributed by atoms with Crippen LogP contribution in [0.5, 0.6) is 0 Å². The van der Waals surface area contributed by atoms with Crippen LogP contribution in [0.3, 0.4) is 0 Å². The SMILES string of the molecule is O=P(O)(O)OP(=O)(O)OP(=O)(O)OC[C@H]1O[C@@H](n2cnc3c(NCCCCCCNC4CCCCCCCCCC4)ncnc32)C(O)C1O. The number of hydrogen-bond donors (Lipinski definition) is 8. The van der Waals surface area contributed by atoms with E-state index in [0.29, 0.717) is 23.9 Å². The summed E-state index contributed by atoms with van der Waals surface area (Å²) in [5.41, 5.74) is 0.652. The topological polar surface area (TPSA) is 277 Å². The first kappa shape index (κ1) is 40.4. The van der Waals surface area contributed by atoms with Crippen molar-refractivity contribution in [3.63, 3.8) is 0 Å². The van der Waals surface area contributed by atoms with Gasteiger partial charge in [-0.2, -0.15) is 8.62 Å². The summed E-state index contributed by atoms with van der Waals surface area (Å²) in [5.74, 6) is 0.467. The molecule has 2 aromatic heterocycles. The van der Waals surface area contributed by atoms with Crippen LogP contribution in [0.15, 0.2) is 12.7 Å². The average Bonchev–Trinajstić information content (AvgIpc) is 3.54. The van der Waals surface area contributed by atoms with E-state index in [-0.39, 0.29) is 5.65 Å². The van der Waals surface area contributed by atoms with Gasteiger partial charge in [-0.15, -0.1) is 0 Å². The fourth-order valence-electron chi connectivity index (χ4n) is 6.04. The van der Waals surface area contributed by atoms with E-state index in [2.05, 4.69) is 38.7 Å². The minimum Gasteiger partial charge on any atom is -0.387 e.